The molecule has 1 heterocycles. The molecule has 0 saturated heterocycles. The number of nitro groups is 1. The van der Waals surface area contributed by atoms with Gasteiger partial charge in [-0.05, 0) is 41.3 Å². The summed E-state index contributed by atoms with van der Waals surface area (Å²) >= 11 is 0. The van der Waals surface area contributed by atoms with Crippen LogP contribution in [-0.2, 0) is 19.1 Å². The Morgan fingerprint density at radius 1 is 1.27 bits per heavy atom. The second-order valence-electron chi connectivity index (χ2n) is 6.08. The third-order valence-electron chi connectivity index (χ3n) is 4.40. The van der Waals surface area contributed by atoms with E-state index in [1.807, 2.05) is 4.90 Å². The van der Waals surface area contributed by atoms with E-state index in [1.54, 1.807) is 6.07 Å². The molecular weight excluding hydrogens is 345 g/mol. The SMILES string of the molecule is [2H]C(C=C)N1CCc2cc([N+](=O)[O-])c(-c3ccc(C(F)(F)F)cc3)cc2C1. The minimum absolute atomic E-state index is 0.131. The highest BCUT2D eigenvalue weighted by Gasteiger charge is 2.30. The molecule has 1 aliphatic heterocycles. The first kappa shape index (κ1) is 16.8. The number of hydrogen-bond acceptors (Lipinski definition) is 3. The highest BCUT2D eigenvalue weighted by Crippen LogP contribution is 2.36. The van der Waals surface area contributed by atoms with Crippen LogP contribution in [0, 0.1) is 10.1 Å². The van der Waals surface area contributed by atoms with Gasteiger partial charge in [0.25, 0.3) is 5.69 Å². The number of fused-ring (bicyclic) bond motifs is 1. The number of hydrogen-bond donors (Lipinski definition) is 0. The molecule has 0 radical (unpaired) electrons. The summed E-state index contributed by atoms with van der Waals surface area (Å²) in [6.45, 7) is 4.05. The van der Waals surface area contributed by atoms with Crippen LogP contribution in [0.25, 0.3) is 11.1 Å². The van der Waals surface area contributed by atoms with Gasteiger partial charge in [0.1, 0.15) is 0 Å². The Balaban J connectivity index is 2.04. The van der Waals surface area contributed by atoms with Crippen LogP contribution in [0.4, 0.5) is 18.9 Å². The Bertz CT molecular complexity index is 882. The van der Waals surface area contributed by atoms with Crippen LogP contribution in [0.1, 0.15) is 18.1 Å². The fourth-order valence-electron chi connectivity index (χ4n) is 3.12. The molecule has 3 rings (SSSR count). The van der Waals surface area contributed by atoms with E-state index in [9.17, 15) is 23.3 Å². The van der Waals surface area contributed by atoms with Crippen molar-refractivity contribution in [2.75, 3.05) is 13.1 Å². The van der Waals surface area contributed by atoms with Gasteiger partial charge in [0.2, 0.25) is 0 Å². The molecule has 1 atom stereocenters. The Kier molecular flexibility index (Phi) is 4.46. The van der Waals surface area contributed by atoms with E-state index in [4.69, 9.17) is 1.37 Å². The number of alkyl halides is 3. The van der Waals surface area contributed by atoms with E-state index >= 15 is 0 Å². The van der Waals surface area contributed by atoms with E-state index < -0.39 is 23.2 Å². The monoisotopic (exact) mass is 363 g/mol. The molecular formula is C19H17F3N2O2. The van der Waals surface area contributed by atoms with Crippen LogP contribution in [0.5, 0.6) is 0 Å². The van der Waals surface area contributed by atoms with Crippen molar-refractivity contribution >= 4 is 5.69 Å². The smallest absolute Gasteiger partial charge is 0.295 e. The predicted molar refractivity (Wildman–Crippen MR) is 92.7 cm³/mol. The van der Waals surface area contributed by atoms with Gasteiger partial charge in [0.15, 0.2) is 0 Å². The lowest BCUT2D eigenvalue weighted by Crippen LogP contribution is -2.30. The number of rotatable bonds is 4. The number of halogens is 3. The van der Waals surface area contributed by atoms with Crippen molar-refractivity contribution in [2.45, 2.75) is 19.1 Å². The van der Waals surface area contributed by atoms with Crippen LogP contribution in [-0.4, -0.2) is 22.9 Å². The van der Waals surface area contributed by atoms with Gasteiger partial charge >= 0.3 is 6.18 Å². The quantitative estimate of drug-likeness (QED) is 0.444. The van der Waals surface area contributed by atoms with Crippen LogP contribution in [0.15, 0.2) is 49.1 Å². The number of nitro benzene ring substituents is 1. The van der Waals surface area contributed by atoms with Gasteiger partial charge in [0, 0.05) is 27.0 Å². The third kappa shape index (κ3) is 3.62. The minimum atomic E-state index is -4.46. The first-order valence-electron chi connectivity index (χ1n) is 8.55. The average Bonchev–Trinajstić information content (AvgIpc) is 2.65. The molecule has 1 aliphatic rings. The van der Waals surface area contributed by atoms with Crippen molar-refractivity contribution in [1.82, 2.24) is 4.90 Å². The lowest BCUT2D eigenvalue weighted by molar-refractivity contribution is -0.384. The van der Waals surface area contributed by atoms with Gasteiger partial charge in [-0.15, -0.1) is 6.58 Å². The van der Waals surface area contributed by atoms with Gasteiger partial charge < -0.3 is 0 Å². The molecule has 0 aliphatic carbocycles. The zero-order chi connectivity index (χ0) is 19.8. The van der Waals surface area contributed by atoms with Crippen LogP contribution in [0.2, 0.25) is 0 Å². The fraction of sp³-hybridized carbons (Fsp3) is 0.263. The van der Waals surface area contributed by atoms with Crippen molar-refractivity contribution in [3.8, 4) is 11.1 Å². The molecule has 0 amide bonds. The summed E-state index contributed by atoms with van der Waals surface area (Å²) in [5.41, 5.74) is 1.34. The molecule has 0 bridgehead atoms. The Morgan fingerprint density at radius 3 is 2.54 bits per heavy atom. The molecule has 0 aromatic heterocycles. The highest BCUT2D eigenvalue weighted by molar-refractivity contribution is 5.75. The summed E-state index contributed by atoms with van der Waals surface area (Å²) in [7, 11) is 0. The van der Waals surface area contributed by atoms with E-state index in [0.29, 0.717) is 25.1 Å². The zero-order valence-electron chi connectivity index (χ0n) is 14.8. The molecule has 26 heavy (non-hydrogen) atoms. The molecule has 2 aromatic rings. The highest BCUT2D eigenvalue weighted by atomic mass is 19.4. The van der Waals surface area contributed by atoms with Gasteiger partial charge in [-0.2, -0.15) is 13.2 Å². The molecule has 0 fully saturated rings. The van der Waals surface area contributed by atoms with Crippen molar-refractivity contribution in [1.29, 1.82) is 0 Å². The van der Waals surface area contributed by atoms with Crippen LogP contribution >= 0.6 is 0 Å². The maximum atomic E-state index is 12.8. The molecule has 7 heteroatoms. The molecule has 1 unspecified atom stereocenters. The summed E-state index contributed by atoms with van der Waals surface area (Å²) in [6, 6.07) is 7.47. The van der Waals surface area contributed by atoms with Gasteiger partial charge in [-0.1, -0.05) is 18.2 Å². The normalized spacial score (nSPS) is 16.5. The van der Waals surface area contributed by atoms with E-state index in [-0.39, 0.29) is 11.3 Å². The standard InChI is InChI=1S/C19H17F3N2O2/c1-2-8-23-9-7-14-11-18(24(25)26)17(10-15(14)12-23)13-3-5-16(6-4-13)19(20,21)22/h2-6,10-11H,1,7-9,12H2/i8D. The van der Waals surface area contributed by atoms with Crippen LogP contribution < -0.4 is 0 Å². The zero-order valence-corrected chi connectivity index (χ0v) is 13.8. The Labute approximate surface area is 150 Å². The maximum Gasteiger partial charge on any atom is 0.416 e. The summed E-state index contributed by atoms with van der Waals surface area (Å²) in [5, 5.41) is 11.5. The van der Waals surface area contributed by atoms with Crippen molar-refractivity contribution in [2.24, 2.45) is 0 Å². The molecule has 0 saturated carbocycles. The van der Waals surface area contributed by atoms with Crippen molar-refractivity contribution < 1.29 is 19.5 Å². The Hall–Kier alpha value is -2.67. The molecule has 0 spiro atoms. The second-order valence-corrected chi connectivity index (χ2v) is 6.08. The lowest BCUT2D eigenvalue weighted by Gasteiger charge is -2.28. The molecule has 136 valence electrons. The van der Waals surface area contributed by atoms with Crippen LogP contribution in [0.3, 0.4) is 0 Å². The minimum Gasteiger partial charge on any atom is -0.295 e. The summed E-state index contributed by atoms with van der Waals surface area (Å²) in [4.78, 5) is 12.9. The largest absolute Gasteiger partial charge is 0.416 e. The number of benzene rings is 2. The van der Waals surface area contributed by atoms with Gasteiger partial charge in [-0.3, -0.25) is 15.0 Å². The topological polar surface area (TPSA) is 46.4 Å². The first-order valence-corrected chi connectivity index (χ1v) is 7.97. The Morgan fingerprint density at radius 2 is 1.96 bits per heavy atom. The summed E-state index contributed by atoms with van der Waals surface area (Å²) in [5.74, 6) is 0. The molecule has 2 aromatic carbocycles. The lowest BCUT2D eigenvalue weighted by atomic mass is 9.92. The number of nitrogens with zero attached hydrogens (tertiary/aromatic N) is 2. The van der Waals surface area contributed by atoms with Gasteiger partial charge in [0.05, 0.1) is 16.1 Å². The first-order chi connectivity index (χ1) is 12.7. The van der Waals surface area contributed by atoms with E-state index in [0.717, 1.165) is 23.3 Å². The van der Waals surface area contributed by atoms with Gasteiger partial charge in [-0.25, -0.2) is 0 Å². The third-order valence-corrected chi connectivity index (χ3v) is 4.40. The summed E-state index contributed by atoms with van der Waals surface area (Å²) in [6.07, 6.45) is -2.39. The fourth-order valence-corrected chi connectivity index (χ4v) is 3.12. The van der Waals surface area contributed by atoms with E-state index in [2.05, 4.69) is 6.58 Å². The maximum absolute atomic E-state index is 12.8. The van der Waals surface area contributed by atoms with Crippen molar-refractivity contribution in [3.05, 3.63) is 75.9 Å². The predicted octanol–water partition coefficient (Wildman–Crippen LogP) is 4.82. The second kappa shape index (κ2) is 6.92. The van der Waals surface area contributed by atoms with E-state index in [1.165, 1.54) is 24.3 Å². The molecule has 4 nitrogen and oxygen atoms in total. The molecule has 0 N–H and O–H groups in total. The summed E-state index contributed by atoms with van der Waals surface area (Å²) < 4.78 is 46.3. The average molecular weight is 363 g/mol. The van der Waals surface area contributed by atoms with Crippen molar-refractivity contribution in [3.63, 3.8) is 0 Å².